The number of carbonyl (C=O) groups excluding carboxylic acids is 2. The Kier molecular flexibility index (Phi) is 6.04. The lowest BCUT2D eigenvalue weighted by molar-refractivity contribution is -0.139. The molecule has 0 aromatic heterocycles. The molecular weight excluding hydrogens is 414 g/mol. The lowest BCUT2D eigenvalue weighted by Gasteiger charge is -2.31. The highest BCUT2D eigenvalue weighted by Crippen LogP contribution is 2.39. The maximum Gasteiger partial charge on any atom is 0.335 e. The monoisotopic (exact) mass is 447 g/mol. The summed E-state index contributed by atoms with van der Waals surface area (Å²) < 4.78 is 5.29. The predicted molar refractivity (Wildman–Crippen MR) is 132 cm³/mol. The molecule has 1 unspecified atom stereocenters. The Balaban J connectivity index is 1.65. The van der Waals surface area contributed by atoms with Crippen molar-refractivity contribution in [1.29, 1.82) is 0 Å². The number of amidine groups is 1. The fourth-order valence-electron chi connectivity index (χ4n) is 4.60. The zero-order valence-electron chi connectivity index (χ0n) is 20.0. The average Bonchev–Trinajstić information content (AvgIpc) is 3.30. The van der Waals surface area contributed by atoms with E-state index in [-0.39, 0.29) is 11.9 Å². The smallest absolute Gasteiger partial charge is 0.335 e. The van der Waals surface area contributed by atoms with Gasteiger partial charge in [0.25, 0.3) is 0 Å². The van der Waals surface area contributed by atoms with Gasteiger partial charge in [-0.1, -0.05) is 24.3 Å². The second kappa shape index (κ2) is 8.65. The minimum Gasteiger partial charge on any atom is -0.463 e. The largest absolute Gasteiger partial charge is 0.463 e. The molecule has 2 aliphatic heterocycles. The number of benzene rings is 1. The van der Waals surface area contributed by atoms with Gasteiger partial charge in [0.05, 0.1) is 28.7 Å². The van der Waals surface area contributed by atoms with Crippen molar-refractivity contribution in [1.82, 2.24) is 4.90 Å². The third-order valence-corrected chi connectivity index (χ3v) is 6.97. The summed E-state index contributed by atoms with van der Waals surface area (Å²) in [5, 5.41) is 0. The van der Waals surface area contributed by atoms with Gasteiger partial charge >= 0.3 is 5.97 Å². The van der Waals surface area contributed by atoms with E-state index in [1.165, 1.54) is 0 Å². The molecular formula is C27H33N3O3. The molecule has 1 saturated heterocycles. The Bertz CT molecular complexity index is 1100. The van der Waals surface area contributed by atoms with Crippen LogP contribution in [0.15, 0.2) is 47.0 Å². The minimum absolute atomic E-state index is 0.211. The summed E-state index contributed by atoms with van der Waals surface area (Å²) in [6.07, 6.45) is 10.9. The summed E-state index contributed by atoms with van der Waals surface area (Å²) in [6, 6.07) is 5.96. The van der Waals surface area contributed by atoms with E-state index in [4.69, 9.17) is 10.5 Å². The Morgan fingerprint density at radius 3 is 2.55 bits per heavy atom. The standard InChI is InChI=1S/C27H33N3O3/c1-5-33-23(31)21-17-20-16-19(8-9-22(20)29-24(28)26(21,2)3)18-10-12-27(4,13-11-18)25(32)30-14-6-7-15-30/h8-12,16-17H,5-7,13-15H2,1-4H3,(H2,28,29). The van der Waals surface area contributed by atoms with Crippen LogP contribution in [-0.4, -0.2) is 42.3 Å². The molecule has 1 atom stereocenters. The van der Waals surface area contributed by atoms with E-state index >= 15 is 0 Å². The molecule has 0 saturated carbocycles. The normalized spacial score (nSPS) is 23.8. The number of amides is 1. The van der Waals surface area contributed by atoms with Gasteiger partial charge in [-0.05, 0) is 76.3 Å². The SMILES string of the molecule is CCOC(=O)C1=Cc2cc(C3=CCC(C)(C(=O)N4CCCC4)C=C3)ccc2N=C(N)C1(C)C. The molecule has 2 N–H and O–H groups in total. The molecule has 0 bridgehead atoms. The van der Waals surface area contributed by atoms with Crippen molar-refractivity contribution >= 4 is 35.0 Å². The number of aliphatic imine (C=N–C) groups is 1. The molecule has 1 aromatic carbocycles. The zero-order valence-corrected chi connectivity index (χ0v) is 20.0. The van der Waals surface area contributed by atoms with Gasteiger partial charge in [0, 0.05) is 18.7 Å². The molecule has 1 aliphatic carbocycles. The van der Waals surface area contributed by atoms with Crippen molar-refractivity contribution in [2.45, 2.75) is 47.0 Å². The molecule has 3 aliphatic rings. The third-order valence-electron chi connectivity index (χ3n) is 6.97. The predicted octanol–water partition coefficient (Wildman–Crippen LogP) is 4.63. The summed E-state index contributed by atoms with van der Waals surface area (Å²) in [5.74, 6) is 0.204. The number of carbonyl (C=O) groups is 2. The molecule has 33 heavy (non-hydrogen) atoms. The van der Waals surface area contributed by atoms with Crippen LogP contribution in [0.2, 0.25) is 0 Å². The van der Waals surface area contributed by atoms with Crippen LogP contribution in [0.4, 0.5) is 5.69 Å². The topological polar surface area (TPSA) is 85.0 Å². The highest BCUT2D eigenvalue weighted by Gasteiger charge is 2.37. The van der Waals surface area contributed by atoms with Crippen molar-refractivity contribution in [3.05, 3.63) is 53.1 Å². The molecule has 1 fully saturated rings. The quantitative estimate of drug-likeness (QED) is 0.682. The molecule has 1 amide bonds. The van der Waals surface area contributed by atoms with Crippen molar-refractivity contribution in [2.75, 3.05) is 19.7 Å². The number of rotatable bonds is 4. The van der Waals surface area contributed by atoms with E-state index in [0.717, 1.165) is 48.3 Å². The van der Waals surface area contributed by atoms with E-state index in [1.807, 2.05) is 62.1 Å². The van der Waals surface area contributed by atoms with E-state index in [2.05, 4.69) is 11.1 Å². The molecule has 2 heterocycles. The first-order valence-corrected chi connectivity index (χ1v) is 11.7. The number of hydrogen-bond acceptors (Lipinski definition) is 5. The Morgan fingerprint density at radius 1 is 1.18 bits per heavy atom. The maximum atomic E-state index is 13.0. The van der Waals surface area contributed by atoms with Crippen LogP contribution >= 0.6 is 0 Å². The Hall–Kier alpha value is -3.15. The number of fused-ring (bicyclic) bond motifs is 1. The molecule has 6 heteroatoms. The summed E-state index contributed by atoms with van der Waals surface area (Å²) in [7, 11) is 0. The van der Waals surface area contributed by atoms with Crippen molar-refractivity contribution in [3.63, 3.8) is 0 Å². The van der Waals surface area contributed by atoms with Crippen LogP contribution < -0.4 is 5.73 Å². The minimum atomic E-state index is -0.743. The van der Waals surface area contributed by atoms with Crippen LogP contribution in [0.3, 0.4) is 0 Å². The van der Waals surface area contributed by atoms with Gasteiger partial charge in [-0.25, -0.2) is 9.79 Å². The first-order valence-electron chi connectivity index (χ1n) is 11.7. The first-order chi connectivity index (χ1) is 15.7. The number of allylic oxidation sites excluding steroid dienone is 3. The number of hydrogen-bond donors (Lipinski definition) is 1. The van der Waals surface area contributed by atoms with Gasteiger partial charge in [-0.2, -0.15) is 0 Å². The number of ether oxygens (including phenoxy) is 1. The fourth-order valence-corrected chi connectivity index (χ4v) is 4.60. The lowest BCUT2D eigenvalue weighted by Crippen LogP contribution is -2.40. The highest BCUT2D eigenvalue weighted by atomic mass is 16.5. The van der Waals surface area contributed by atoms with E-state index < -0.39 is 10.8 Å². The molecule has 174 valence electrons. The maximum absolute atomic E-state index is 13.0. The van der Waals surface area contributed by atoms with Crippen molar-refractivity contribution in [3.8, 4) is 0 Å². The molecule has 6 nitrogen and oxygen atoms in total. The van der Waals surface area contributed by atoms with Gasteiger partial charge in [0.15, 0.2) is 0 Å². The second-order valence-electron chi connectivity index (χ2n) is 9.79. The van der Waals surface area contributed by atoms with Crippen LogP contribution in [0.25, 0.3) is 11.6 Å². The summed E-state index contributed by atoms with van der Waals surface area (Å²) >= 11 is 0. The summed E-state index contributed by atoms with van der Waals surface area (Å²) in [6.45, 7) is 9.58. The molecule has 0 radical (unpaired) electrons. The van der Waals surface area contributed by atoms with Crippen molar-refractivity contribution < 1.29 is 14.3 Å². The summed E-state index contributed by atoms with van der Waals surface area (Å²) in [5.41, 5.74) is 9.13. The van der Waals surface area contributed by atoms with E-state index in [9.17, 15) is 9.59 Å². The number of esters is 1. The van der Waals surface area contributed by atoms with E-state index in [0.29, 0.717) is 24.4 Å². The van der Waals surface area contributed by atoms with Crippen LogP contribution in [-0.2, 0) is 14.3 Å². The van der Waals surface area contributed by atoms with Crippen LogP contribution in [0.1, 0.15) is 58.1 Å². The number of nitrogens with zero attached hydrogens (tertiary/aromatic N) is 2. The van der Waals surface area contributed by atoms with Crippen LogP contribution in [0.5, 0.6) is 0 Å². The molecule has 1 aromatic rings. The van der Waals surface area contributed by atoms with Gasteiger partial charge in [-0.15, -0.1) is 0 Å². The van der Waals surface area contributed by atoms with Gasteiger partial charge in [-0.3, -0.25) is 4.79 Å². The van der Waals surface area contributed by atoms with Gasteiger partial charge in [0.1, 0.15) is 5.84 Å². The average molecular weight is 448 g/mol. The number of nitrogens with two attached hydrogens (primary N) is 1. The molecule has 4 rings (SSSR count). The second-order valence-corrected chi connectivity index (χ2v) is 9.79. The summed E-state index contributed by atoms with van der Waals surface area (Å²) in [4.78, 5) is 32.3. The van der Waals surface area contributed by atoms with Crippen LogP contribution in [0, 0.1) is 10.8 Å². The number of likely N-dealkylation sites (tertiary alicyclic amines) is 1. The highest BCUT2D eigenvalue weighted by molar-refractivity contribution is 6.07. The lowest BCUT2D eigenvalue weighted by atomic mass is 9.79. The van der Waals surface area contributed by atoms with Gasteiger partial charge in [0.2, 0.25) is 5.91 Å². The zero-order chi connectivity index (χ0) is 23.8. The first kappa shape index (κ1) is 23.0. The Labute approximate surface area is 195 Å². The fraction of sp³-hybridized carbons (Fsp3) is 0.444. The molecule has 0 spiro atoms. The van der Waals surface area contributed by atoms with Crippen molar-refractivity contribution in [2.24, 2.45) is 21.6 Å². The van der Waals surface area contributed by atoms with E-state index in [1.54, 1.807) is 6.92 Å². The third kappa shape index (κ3) is 4.26. The van der Waals surface area contributed by atoms with Gasteiger partial charge < -0.3 is 15.4 Å². The Morgan fingerprint density at radius 2 is 1.91 bits per heavy atom.